The first-order valence-corrected chi connectivity index (χ1v) is 8.55. The highest BCUT2D eigenvalue weighted by Gasteiger charge is 2.22. The van der Waals surface area contributed by atoms with Crippen LogP contribution in [0, 0.1) is 12.8 Å². The van der Waals surface area contributed by atoms with Crippen molar-refractivity contribution in [2.75, 3.05) is 13.7 Å². The smallest absolute Gasteiger partial charge is 0.310 e. The molecule has 0 aliphatic carbocycles. The summed E-state index contributed by atoms with van der Waals surface area (Å²) >= 11 is 1.06. The molecule has 1 aromatic heterocycles. The van der Waals surface area contributed by atoms with Crippen molar-refractivity contribution < 1.29 is 14.3 Å². The van der Waals surface area contributed by atoms with E-state index in [1.165, 1.54) is 7.11 Å². The lowest BCUT2D eigenvalue weighted by molar-refractivity contribution is -0.145. The standard InChI is InChI=1S/C17H21N3O3S/c1-4-14-15(24-20-19-14)16(21)18-10-13(17(22)23-3)9-12-7-5-11(2)6-8-12/h5-8,13H,4,9-10H2,1-3H3,(H,18,21). The predicted molar refractivity (Wildman–Crippen MR) is 92.0 cm³/mol. The predicted octanol–water partition coefficient (Wildman–Crippen LogP) is 2.17. The molecule has 0 saturated carbocycles. The van der Waals surface area contributed by atoms with Crippen LogP contribution in [0.2, 0.25) is 0 Å². The van der Waals surface area contributed by atoms with E-state index in [9.17, 15) is 9.59 Å². The molecule has 1 atom stereocenters. The van der Waals surface area contributed by atoms with Crippen molar-refractivity contribution in [1.29, 1.82) is 0 Å². The summed E-state index contributed by atoms with van der Waals surface area (Å²) in [5, 5.41) is 6.72. The van der Waals surface area contributed by atoms with E-state index in [0.29, 0.717) is 23.4 Å². The van der Waals surface area contributed by atoms with Crippen molar-refractivity contribution in [1.82, 2.24) is 14.9 Å². The number of nitrogens with zero attached hydrogens (tertiary/aromatic N) is 2. The number of hydrogen-bond acceptors (Lipinski definition) is 6. The summed E-state index contributed by atoms with van der Waals surface area (Å²) in [6.07, 6.45) is 1.15. The van der Waals surface area contributed by atoms with Crippen molar-refractivity contribution in [3.05, 3.63) is 46.0 Å². The van der Waals surface area contributed by atoms with Gasteiger partial charge in [0.05, 0.1) is 18.7 Å². The monoisotopic (exact) mass is 347 g/mol. The Kier molecular flexibility index (Phi) is 6.43. The minimum atomic E-state index is -0.437. The highest BCUT2D eigenvalue weighted by Crippen LogP contribution is 2.14. The molecule has 1 amide bonds. The number of ether oxygens (including phenoxy) is 1. The van der Waals surface area contributed by atoms with Crippen LogP contribution < -0.4 is 5.32 Å². The molecule has 7 heteroatoms. The van der Waals surface area contributed by atoms with Crippen LogP contribution in [0.25, 0.3) is 0 Å². The molecular formula is C17H21N3O3S. The molecule has 0 aliphatic heterocycles. The first-order chi connectivity index (χ1) is 11.5. The van der Waals surface area contributed by atoms with Crippen molar-refractivity contribution in [2.24, 2.45) is 5.92 Å². The van der Waals surface area contributed by atoms with E-state index < -0.39 is 5.92 Å². The molecule has 6 nitrogen and oxygen atoms in total. The van der Waals surface area contributed by atoms with Crippen LogP contribution in [0.15, 0.2) is 24.3 Å². The van der Waals surface area contributed by atoms with Crippen LogP contribution in [0.3, 0.4) is 0 Å². The third-order valence-corrected chi connectivity index (χ3v) is 4.51. The number of esters is 1. The maximum Gasteiger partial charge on any atom is 0.310 e. The molecule has 0 saturated heterocycles. The number of benzene rings is 1. The zero-order valence-electron chi connectivity index (χ0n) is 14.0. The van der Waals surface area contributed by atoms with Gasteiger partial charge in [-0.05, 0) is 36.9 Å². The number of methoxy groups -OCH3 is 1. The number of carbonyl (C=O) groups is 2. The van der Waals surface area contributed by atoms with E-state index in [4.69, 9.17) is 4.74 Å². The molecule has 2 rings (SSSR count). The first kappa shape index (κ1) is 18.1. The van der Waals surface area contributed by atoms with Gasteiger partial charge in [0.2, 0.25) is 0 Å². The number of aromatic nitrogens is 2. The van der Waals surface area contributed by atoms with Crippen molar-refractivity contribution in [2.45, 2.75) is 26.7 Å². The van der Waals surface area contributed by atoms with Crippen LogP contribution in [-0.2, 0) is 22.4 Å². The molecule has 0 fully saturated rings. The van der Waals surface area contributed by atoms with E-state index in [1.54, 1.807) is 0 Å². The molecule has 1 N–H and O–H groups in total. The number of amides is 1. The summed E-state index contributed by atoms with van der Waals surface area (Å²) in [5.74, 6) is -1.03. The lowest BCUT2D eigenvalue weighted by atomic mass is 9.98. The number of hydrogen-bond donors (Lipinski definition) is 1. The van der Waals surface area contributed by atoms with Gasteiger partial charge in [-0.1, -0.05) is 41.2 Å². The second-order valence-corrected chi connectivity index (χ2v) is 6.28. The van der Waals surface area contributed by atoms with Gasteiger partial charge < -0.3 is 10.1 Å². The number of aryl methyl sites for hydroxylation is 2. The maximum absolute atomic E-state index is 12.3. The average Bonchev–Trinajstić information content (AvgIpc) is 3.08. The van der Waals surface area contributed by atoms with Crippen molar-refractivity contribution >= 4 is 23.4 Å². The second kappa shape index (κ2) is 8.54. The lowest BCUT2D eigenvalue weighted by Gasteiger charge is -2.15. The fourth-order valence-corrected chi connectivity index (χ4v) is 2.99. The molecule has 0 spiro atoms. The number of rotatable bonds is 7. The number of nitrogens with one attached hydrogen (secondary N) is 1. The van der Waals surface area contributed by atoms with E-state index in [1.807, 2.05) is 38.1 Å². The number of carbonyl (C=O) groups excluding carboxylic acids is 2. The molecule has 0 bridgehead atoms. The lowest BCUT2D eigenvalue weighted by Crippen LogP contribution is -2.34. The SMILES string of the molecule is CCc1nnsc1C(=O)NCC(Cc1ccc(C)cc1)C(=O)OC. The Morgan fingerprint density at radius 3 is 2.62 bits per heavy atom. The Hall–Kier alpha value is -2.28. The highest BCUT2D eigenvalue weighted by atomic mass is 32.1. The van der Waals surface area contributed by atoms with Crippen LogP contribution in [0.1, 0.15) is 33.4 Å². The fraction of sp³-hybridized carbons (Fsp3) is 0.412. The normalized spacial score (nSPS) is 11.8. The zero-order chi connectivity index (χ0) is 17.5. The molecule has 1 aromatic carbocycles. The Morgan fingerprint density at radius 2 is 2.00 bits per heavy atom. The van der Waals surface area contributed by atoms with E-state index >= 15 is 0 Å². The molecule has 0 aliphatic rings. The Balaban J connectivity index is 2.02. The minimum Gasteiger partial charge on any atom is -0.469 e. The van der Waals surface area contributed by atoms with Gasteiger partial charge in [0.15, 0.2) is 0 Å². The first-order valence-electron chi connectivity index (χ1n) is 7.78. The quantitative estimate of drug-likeness (QED) is 0.776. The Bertz CT molecular complexity index is 697. The second-order valence-electron chi connectivity index (χ2n) is 5.52. The molecule has 24 heavy (non-hydrogen) atoms. The van der Waals surface area contributed by atoms with Gasteiger partial charge in [0, 0.05) is 6.54 Å². The van der Waals surface area contributed by atoms with Crippen LogP contribution in [-0.4, -0.2) is 35.1 Å². The Labute approximate surface area is 145 Å². The summed E-state index contributed by atoms with van der Waals surface area (Å²) in [6.45, 7) is 4.14. The topological polar surface area (TPSA) is 81.2 Å². The molecule has 0 radical (unpaired) electrons. The fourth-order valence-electron chi connectivity index (χ4n) is 2.32. The summed E-state index contributed by atoms with van der Waals surface area (Å²) in [4.78, 5) is 24.8. The summed E-state index contributed by atoms with van der Waals surface area (Å²) in [7, 11) is 1.36. The van der Waals surface area contributed by atoms with E-state index in [0.717, 1.165) is 22.7 Å². The van der Waals surface area contributed by atoms with E-state index in [-0.39, 0.29) is 18.4 Å². The molecular weight excluding hydrogens is 326 g/mol. The van der Waals surface area contributed by atoms with Crippen molar-refractivity contribution in [3.63, 3.8) is 0 Å². The van der Waals surface area contributed by atoms with Gasteiger partial charge in [0.25, 0.3) is 5.91 Å². The van der Waals surface area contributed by atoms with Crippen LogP contribution >= 0.6 is 11.5 Å². The van der Waals surface area contributed by atoms with Crippen LogP contribution in [0.4, 0.5) is 0 Å². The van der Waals surface area contributed by atoms with Gasteiger partial charge in [-0.2, -0.15) is 0 Å². The summed E-state index contributed by atoms with van der Waals surface area (Å²) < 4.78 is 8.67. The third-order valence-electron chi connectivity index (χ3n) is 3.74. The third kappa shape index (κ3) is 4.61. The zero-order valence-corrected chi connectivity index (χ0v) is 14.9. The minimum absolute atomic E-state index is 0.209. The molecule has 2 aromatic rings. The Morgan fingerprint density at radius 1 is 1.29 bits per heavy atom. The summed E-state index contributed by atoms with van der Waals surface area (Å²) in [5.41, 5.74) is 2.86. The molecule has 128 valence electrons. The van der Waals surface area contributed by atoms with Gasteiger partial charge in [-0.15, -0.1) is 5.10 Å². The average molecular weight is 347 g/mol. The highest BCUT2D eigenvalue weighted by molar-refractivity contribution is 7.08. The van der Waals surface area contributed by atoms with Gasteiger partial charge in [-0.25, -0.2) is 0 Å². The van der Waals surface area contributed by atoms with Gasteiger partial charge in [0.1, 0.15) is 4.88 Å². The maximum atomic E-state index is 12.3. The molecule has 1 unspecified atom stereocenters. The summed E-state index contributed by atoms with van der Waals surface area (Å²) in [6, 6.07) is 7.96. The van der Waals surface area contributed by atoms with E-state index in [2.05, 4.69) is 14.9 Å². The van der Waals surface area contributed by atoms with Gasteiger partial charge in [-0.3, -0.25) is 9.59 Å². The largest absolute Gasteiger partial charge is 0.469 e. The molecule has 1 heterocycles. The van der Waals surface area contributed by atoms with Crippen LogP contribution in [0.5, 0.6) is 0 Å². The van der Waals surface area contributed by atoms with Gasteiger partial charge >= 0.3 is 5.97 Å². The van der Waals surface area contributed by atoms with Crippen molar-refractivity contribution in [3.8, 4) is 0 Å².